The molecule has 2 N–H and O–H groups in total. The summed E-state index contributed by atoms with van der Waals surface area (Å²) in [6.45, 7) is 2.74. The molecule has 2 heterocycles. The van der Waals surface area contributed by atoms with E-state index in [0.29, 0.717) is 17.4 Å². The molecule has 1 aromatic heterocycles. The van der Waals surface area contributed by atoms with E-state index < -0.39 is 0 Å². The number of piperidine rings is 1. The molecule has 0 amide bonds. The van der Waals surface area contributed by atoms with Crippen molar-refractivity contribution in [3.8, 4) is 5.75 Å². The van der Waals surface area contributed by atoms with Crippen LogP contribution in [-0.2, 0) is 13.0 Å². The Morgan fingerprint density at radius 2 is 2.07 bits per heavy atom. The predicted molar refractivity (Wildman–Crippen MR) is 110 cm³/mol. The number of benzene rings is 2. The van der Waals surface area contributed by atoms with E-state index in [1.165, 1.54) is 44.3 Å². The van der Waals surface area contributed by atoms with Crippen LogP contribution in [0.2, 0.25) is 5.02 Å². The summed E-state index contributed by atoms with van der Waals surface area (Å²) >= 11 is 6.16. The number of aromatic nitrogens is 2. The summed E-state index contributed by atoms with van der Waals surface area (Å²) in [7, 11) is 0. The molecule has 1 aliphatic rings. The predicted octanol–water partition coefficient (Wildman–Crippen LogP) is 5.12. The van der Waals surface area contributed by atoms with Crippen molar-refractivity contribution in [3.63, 3.8) is 0 Å². The number of halogens is 1. The first-order valence-corrected chi connectivity index (χ1v) is 10.2. The second-order valence-corrected chi connectivity index (χ2v) is 7.73. The van der Waals surface area contributed by atoms with Crippen molar-refractivity contribution in [2.24, 2.45) is 5.92 Å². The van der Waals surface area contributed by atoms with E-state index in [1.807, 2.05) is 24.3 Å². The van der Waals surface area contributed by atoms with E-state index in [1.54, 1.807) is 0 Å². The molecule has 2 aromatic carbocycles. The zero-order valence-electron chi connectivity index (χ0n) is 15.5. The van der Waals surface area contributed by atoms with Crippen molar-refractivity contribution >= 4 is 22.6 Å². The summed E-state index contributed by atoms with van der Waals surface area (Å²) in [5, 5.41) is 4.12. The van der Waals surface area contributed by atoms with Gasteiger partial charge in [0.1, 0.15) is 18.2 Å². The molecular formula is C22H26ClN3O. The number of aryl methyl sites for hydroxylation is 1. The molecule has 1 saturated heterocycles. The molecule has 4 nitrogen and oxygen atoms in total. The topological polar surface area (TPSA) is 49.9 Å². The molecule has 27 heavy (non-hydrogen) atoms. The molecule has 3 aromatic rings. The number of aromatic amines is 1. The molecular weight excluding hydrogens is 358 g/mol. The Balaban J connectivity index is 1.39. The van der Waals surface area contributed by atoms with Crippen molar-refractivity contribution in [3.05, 3.63) is 58.9 Å². The SMILES string of the molecule is Clc1ccccc1OCc1nc2c(CCCC3CCCNC3)cccc2[nH]1. The molecule has 1 aliphatic heterocycles. The van der Waals surface area contributed by atoms with Gasteiger partial charge in [-0.1, -0.05) is 35.9 Å². The maximum absolute atomic E-state index is 6.16. The molecule has 0 radical (unpaired) electrons. The van der Waals surface area contributed by atoms with E-state index in [9.17, 15) is 0 Å². The minimum atomic E-state index is 0.381. The molecule has 0 saturated carbocycles. The summed E-state index contributed by atoms with van der Waals surface area (Å²) in [6, 6.07) is 13.9. The Morgan fingerprint density at radius 1 is 1.15 bits per heavy atom. The zero-order valence-corrected chi connectivity index (χ0v) is 16.3. The van der Waals surface area contributed by atoms with Gasteiger partial charge in [0.2, 0.25) is 0 Å². The third-order valence-electron chi connectivity index (χ3n) is 5.30. The number of hydrogen-bond donors (Lipinski definition) is 2. The van der Waals surface area contributed by atoms with Crippen LogP contribution >= 0.6 is 11.6 Å². The zero-order chi connectivity index (χ0) is 18.5. The van der Waals surface area contributed by atoms with Gasteiger partial charge in [-0.15, -0.1) is 0 Å². The molecule has 1 atom stereocenters. The minimum absolute atomic E-state index is 0.381. The number of para-hydroxylation sites is 2. The number of rotatable bonds is 7. The van der Waals surface area contributed by atoms with Gasteiger partial charge in [0.25, 0.3) is 0 Å². The van der Waals surface area contributed by atoms with Crippen LogP contribution in [0, 0.1) is 5.92 Å². The van der Waals surface area contributed by atoms with Gasteiger partial charge in [-0.05, 0) is 74.9 Å². The van der Waals surface area contributed by atoms with Gasteiger partial charge in [-0.2, -0.15) is 0 Å². The van der Waals surface area contributed by atoms with E-state index in [0.717, 1.165) is 29.2 Å². The van der Waals surface area contributed by atoms with Crippen molar-refractivity contribution in [2.75, 3.05) is 13.1 Å². The number of ether oxygens (including phenoxy) is 1. The third-order valence-corrected chi connectivity index (χ3v) is 5.62. The fraction of sp³-hybridized carbons (Fsp3) is 0.409. The summed E-state index contributed by atoms with van der Waals surface area (Å²) < 4.78 is 5.82. The number of nitrogens with zero attached hydrogens (tertiary/aromatic N) is 1. The van der Waals surface area contributed by atoms with Crippen LogP contribution in [0.1, 0.15) is 37.1 Å². The lowest BCUT2D eigenvalue weighted by atomic mass is 9.93. The van der Waals surface area contributed by atoms with Crippen LogP contribution in [0.3, 0.4) is 0 Å². The summed E-state index contributed by atoms with van der Waals surface area (Å²) in [5.74, 6) is 2.34. The van der Waals surface area contributed by atoms with Crippen LogP contribution in [0.4, 0.5) is 0 Å². The van der Waals surface area contributed by atoms with E-state index in [2.05, 4.69) is 28.5 Å². The van der Waals surface area contributed by atoms with Gasteiger partial charge in [0.15, 0.2) is 0 Å². The Morgan fingerprint density at radius 3 is 2.93 bits per heavy atom. The highest BCUT2D eigenvalue weighted by atomic mass is 35.5. The molecule has 5 heteroatoms. The average molecular weight is 384 g/mol. The Hall–Kier alpha value is -2.04. The van der Waals surface area contributed by atoms with Crippen LogP contribution in [0.25, 0.3) is 11.0 Å². The van der Waals surface area contributed by atoms with E-state index in [4.69, 9.17) is 21.3 Å². The highest BCUT2D eigenvalue weighted by molar-refractivity contribution is 6.32. The van der Waals surface area contributed by atoms with Crippen LogP contribution in [0.5, 0.6) is 5.75 Å². The molecule has 0 bridgehead atoms. The van der Waals surface area contributed by atoms with E-state index >= 15 is 0 Å². The fourth-order valence-electron chi connectivity index (χ4n) is 3.87. The number of hydrogen-bond acceptors (Lipinski definition) is 3. The lowest BCUT2D eigenvalue weighted by molar-refractivity contribution is 0.297. The van der Waals surface area contributed by atoms with Crippen molar-refractivity contribution in [1.29, 1.82) is 0 Å². The Kier molecular flexibility index (Phi) is 5.95. The Labute approximate surface area is 165 Å². The maximum atomic E-state index is 6.16. The number of H-pyrrole nitrogens is 1. The summed E-state index contributed by atoms with van der Waals surface area (Å²) in [5.41, 5.74) is 3.46. The van der Waals surface area contributed by atoms with Crippen molar-refractivity contribution in [2.45, 2.75) is 38.7 Å². The normalized spacial score (nSPS) is 17.3. The van der Waals surface area contributed by atoms with Crippen molar-refractivity contribution in [1.82, 2.24) is 15.3 Å². The van der Waals surface area contributed by atoms with Crippen LogP contribution < -0.4 is 10.1 Å². The Bertz CT molecular complexity index is 886. The van der Waals surface area contributed by atoms with Gasteiger partial charge in [0.05, 0.1) is 16.1 Å². The summed E-state index contributed by atoms with van der Waals surface area (Å²) in [6.07, 6.45) is 6.25. The fourth-order valence-corrected chi connectivity index (χ4v) is 4.06. The van der Waals surface area contributed by atoms with Gasteiger partial charge in [-0.25, -0.2) is 4.98 Å². The van der Waals surface area contributed by atoms with Gasteiger partial charge >= 0.3 is 0 Å². The smallest absolute Gasteiger partial charge is 0.146 e. The molecule has 0 aliphatic carbocycles. The first-order chi connectivity index (χ1) is 13.3. The monoisotopic (exact) mass is 383 g/mol. The molecule has 4 rings (SSSR count). The van der Waals surface area contributed by atoms with Crippen molar-refractivity contribution < 1.29 is 4.74 Å². The lowest BCUT2D eigenvalue weighted by Gasteiger charge is -2.22. The first-order valence-electron chi connectivity index (χ1n) is 9.84. The highest BCUT2D eigenvalue weighted by Gasteiger charge is 2.13. The van der Waals surface area contributed by atoms with Crippen LogP contribution in [-0.4, -0.2) is 23.1 Å². The number of fused-ring (bicyclic) bond motifs is 1. The quantitative estimate of drug-likeness (QED) is 0.595. The second kappa shape index (κ2) is 8.77. The lowest BCUT2D eigenvalue weighted by Crippen LogP contribution is -2.29. The largest absolute Gasteiger partial charge is 0.484 e. The van der Waals surface area contributed by atoms with E-state index in [-0.39, 0.29) is 0 Å². The molecule has 1 fully saturated rings. The first kappa shape index (κ1) is 18.3. The van der Waals surface area contributed by atoms with Crippen LogP contribution in [0.15, 0.2) is 42.5 Å². The highest BCUT2D eigenvalue weighted by Crippen LogP contribution is 2.25. The van der Waals surface area contributed by atoms with Gasteiger partial charge in [0, 0.05) is 0 Å². The number of imidazole rings is 1. The van der Waals surface area contributed by atoms with Gasteiger partial charge in [-0.3, -0.25) is 0 Å². The molecule has 0 spiro atoms. The maximum Gasteiger partial charge on any atom is 0.146 e. The third kappa shape index (κ3) is 4.63. The second-order valence-electron chi connectivity index (χ2n) is 7.32. The molecule has 142 valence electrons. The van der Waals surface area contributed by atoms with Gasteiger partial charge < -0.3 is 15.0 Å². The summed E-state index contributed by atoms with van der Waals surface area (Å²) in [4.78, 5) is 8.16. The minimum Gasteiger partial charge on any atom is -0.484 e. The molecule has 1 unspecified atom stereocenters. The number of nitrogens with one attached hydrogen (secondary N) is 2. The standard InChI is InChI=1S/C22H26ClN3O/c23-18-10-1-2-12-20(18)27-15-21-25-19-11-4-9-17(22(19)26-21)8-3-6-16-7-5-13-24-14-16/h1-2,4,9-12,16,24H,3,5-8,13-15H2,(H,25,26). The average Bonchev–Trinajstić information content (AvgIpc) is 3.12.